The van der Waals surface area contributed by atoms with Crippen LogP contribution in [0.15, 0.2) is 60.7 Å². The summed E-state index contributed by atoms with van der Waals surface area (Å²) in [7, 11) is 0. The van der Waals surface area contributed by atoms with Gasteiger partial charge in [0.2, 0.25) is 5.91 Å². The Morgan fingerprint density at radius 3 is 2.32 bits per heavy atom. The summed E-state index contributed by atoms with van der Waals surface area (Å²) in [6.07, 6.45) is 1.20. The summed E-state index contributed by atoms with van der Waals surface area (Å²) in [5.41, 5.74) is 5.16. The van der Waals surface area contributed by atoms with Gasteiger partial charge in [0.1, 0.15) is 0 Å². The van der Waals surface area contributed by atoms with Crippen LogP contribution in [0.1, 0.15) is 22.5 Å². The second kappa shape index (κ2) is 7.79. The molecule has 0 aliphatic rings. The van der Waals surface area contributed by atoms with Crippen LogP contribution in [0.3, 0.4) is 0 Å². The number of carbonyl (C=O) groups is 1. The van der Waals surface area contributed by atoms with Crippen LogP contribution in [-0.4, -0.2) is 22.2 Å². The number of aryl methyl sites for hydroxylation is 1. The third-order valence-corrected chi connectivity index (χ3v) is 4.36. The maximum absolute atomic E-state index is 12.3. The van der Waals surface area contributed by atoms with Gasteiger partial charge in [0.05, 0.1) is 17.8 Å². The first-order valence-corrected chi connectivity index (χ1v) is 8.56. The average Bonchev–Trinajstić information content (AvgIpc) is 2.91. The average molecular weight is 333 g/mol. The third kappa shape index (κ3) is 4.15. The maximum atomic E-state index is 12.3. The minimum Gasteiger partial charge on any atom is -0.355 e. The maximum Gasteiger partial charge on any atom is 0.224 e. The molecule has 1 N–H and O–H groups in total. The van der Waals surface area contributed by atoms with Gasteiger partial charge in [-0.2, -0.15) is 5.10 Å². The van der Waals surface area contributed by atoms with Crippen LogP contribution >= 0.6 is 0 Å². The summed E-state index contributed by atoms with van der Waals surface area (Å²) in [4.78, 5) is 12.3. The Bertz CT molecular complexity index is 838. The summed E-state index contributed by atoms with van der Waals surface area (Å²) in [6.45, 7) is 4.62. The largest absolute Gasteiger partial charge is 0.355 e. The molecule has 0 aliphatic heterocycles. The topological polar surface area (TPSA) is 46.9 Å². The Kier molecular flexibility index (Phi) is 5.29. The van der Waals surface area contributed by atoms with Gasteiger partial charge in [-0.25, -0.2) is 4.68 Å². The van der Waals surface area contributed by atoms with Gasteiger partial charge in [-0.05, 0) is 38.0 Å². The molecule has 3 aromatic rings. The fourth-order valence-electron chi connectivity index (χ4n) is 2.97. The number of amides is 1. The van der Waals surface area contributed by atoms with Crippen LogP contribution < -0.4 is 5.32 Å². The Morgan fingerprint density at radius 1 is 1.00 bits per heavy atom. The lowest BCUT2D eigenvalue weighted by Gasteiger charge is -2.07. The smallest absolute Gasteiger partial charge is 0.224 e. The molecule has 0 bridgehead atoms. The minimum atomic E-state index is 0.0368. The van der Waals surface area contributed by atoms with Crippen molar-refractivity contribution in [3.8, 4) is 5.69 Å². The molecular weight excluding hydrogens is 310 g/mol. The number of nitrogens with zero attached hydrogens (tertiary/aromatic N) is 2. The van der Waals surface area contributed by atoms with Crippen LogP contribution in [0.25, 0.3) is 5.69 Å². The van der Waals surface area contributed by atoms with Crippen LogP contribution in [0.4, 0.5) is 0 Å². The zero-order chi connectivity index (χ0) is 17.6. The number of nitrogens with one attached hydrogen (secondary N) is 1. The van der Waals surface area contributed by atoms with E-state index >= 15 is 0 Å². The predicted molar refractivity (Wildman–Crippen MR) is 99.9 cm³/mol. The molecule has 0 aliphatic carbocycles. The van der Waals surface area contributed by atoms with Crippen molar-refractivity contribution in [3.05, 3.63) is 83.2 Å². The fraction of sp³-hybridized carbons (Fsp3) is 0.238. The molecule has 0 unspecified atom stereocenters. The Morgan fingerprint density at radius 2 is 1.64 bits per heavy atom. The molecule has 25 heavy (non-hydrogen) atoms. The quantitative estimate of drug-likeness (QED) is 0.751. The molecule has 3 rings (SSSR count). The molecule has 0 radical (unpaired) electrons. The Labute approximate surface area is 148 Å². The van der Waals surface area contributed by atoms with Gasteiger partial charge in [0.15, 0.2) is 0 Å². The second-order valence-electron chi connectivity index (χ2n) is 6.16. The molecule has 1 aromatic heterocycles. The third-order valence-electron chi connectivity index (χ3n) is 4.36. The molecule has 0 fully saturated rings. The number of hydrogen-bond acceptors (Lipinski definition) is 2. The number of benzene rings is 2. The number of carbonyl (C=O) groups excluding carboxylic acids is 1. The molecule has 128 valence electrons. The van der Waals surface area contributed by atoms with Gasteiger partial charge in [-0.3, -0.25) is 4.79 Å². The number of para-hydroxylation sites is 1. The second-order valence-corrected chi connectivity index (χ2v) is 6.16. The summed E-state index contributed by atoms with van der Waals surface area (Å²) >= 11 is 0. The number of aromatic nitrogens is 2. The van der Waals surface area contributed by atoms with Gasteiger partial charge in [0, 0.05) is 17.8 Å². The number of rotatable bonds is 6. The van der Waals surface area contributed by atoms with E-state index in [2.05, 4.69) is 22.5 Å². The highest BCUT2D eigenvalue weighted by Crippen LogP contribution is 2.18. The van der Waals surface area contributed by atoms with Crippen LogP contribution in [-0.2, 0) is 17.6 Å². The Balaban J connectivity index is 1.63. The fourth-order valence-corrected chi connectivity index (χ4v) is 2.97. The van der Waals surface area contributed by atoms with Gasteiger partial charge >= 0.3 is 0 Å². The molecule has 2 aromatic carbocycles. The van der Waals surface area contributed by atoms with Crippen molar-refractivity contribution in [1.29, 1.82) is 0 Å². The van der Waals surface area contributed by atoms with E-state index in [0.717, 1.165) is 29.1 Å². The van der Waals surface area contributed by atoms with Gasteiger partial charge in [-0.1, -0.05) is 48.5 Å². The van der Waals surface area contributed by atoms with Crippen LogP contribution in [0.2, 0.25) is 0 Å². The van der Waals surface area contributed by atoms with E-state index in [1.54, 1.807) is 0 Å². The molecule has 1 amide bonds. The first-order valence-electron chi connectivity index (χ1n) is 8.56. The highest BCUT2D eigenvalue weighted by atomic mass is 16.1. The summed E-state index contributed by atoms with van der Waals surface area (Å²) in [6, 6.07) is 20.2. The van der Waals surface area contributed by atoms with Crippen LogP contribution in [0, 0.1) is 13.8 Å². The molecule has 0 saturated carbocycles. The molecule has 0 atom stereocenters. The molecule has 0 spiro atoms. The van der Waals surface area contributed by atoms with E-state index in [4.69, 9.17) is 0 Å². The molecule has 0 saturated heterocycles. The summed E-state index contributed by atoms with van der Waals surface area (Å²) in [5, 5.41) is 7.61. The van der Waals surface area contributed by atoms with Gasteiger partial charge < -0.3 is 5.32 Å². The highest BCUT2D eigenvalue weighted by molar-refractivity contribution is 5.79. The van der Waals surface area contributed by atoms with E-state index in [0.29, 0.717) is 13.0 Å². The Hall–Kier alpha value is -2.88. The van der Waals surface area contributed by atoms with Crippen molar-refractivity contribution < 1.29 is 4.79 Å². The zero-order valence-corrected chi connectivity index (χ0v) is 14.7. The van der Waals surface area contributed by atoms with E-state index in [-0.39, 0.29) is 5.91 Å². The lowest BCUT2D eigenvalue weighted by Crippen LogP contribution is -2.27. The number of hydrogen-bond donors (Lipinski definition) is 1. The molecular formula is C21H23N3O. The molecule has 4 nitrogen and oxygen atoms in total. The summed E-state index contributed by atoms with van der Waals surface area (Å²) < 4.78 is 1.90. The highest BCUT2D eigenvalue weighted by Gasteiger charge is 2.15. The monoisotopic (exact) mass is 333 g/mol. The van der Waals surface area contributed by atoms with Crippen molar-refractivity contribution >= 4 is 5.91 Å². The van der Waals surface area contributed by atoms with Gasteiger partial charge in [-0.15, -0.1) is 0 Å². The van der Waals surface area contributed by atoms with Crippen molar-refractivity contribution in [2.45, 2.75) is 26.7 Å². The van der Waals surface area contributed by atoms with Crippen molar-refractivity contribution in [1.82, 2.24) is 15.1 Å². The normalized spacial score (nSPS) is 10.6. The van der Waals surface area contributed by atoms with Crippen LogP contribution in [0.5, 0.6) is 0 Å². The van der Waals surface area contributed by atoms with E-state index < -0.39 is 0 Å². The minimum absolute atomic E-state index is 0.0368. The van der Waals surface area contributed by atoms with Crippen molar-refractivity contribution in [2.75, 3.05) is 6.54 Å². The van der Waals surface area contributed by atoms with Crippen molar-refractivity contribution in [2.24, 2.45) is 0 Å². The lowest BCUT2D eigenvalue weighted by molar-refractivity contribution is -0.120. The van der Waals surface area contributed by atoms with Crippen molar-refractivity contribution in [3.63, 3.8) is 0 Å². The lowest BCUT2D eigenvalue weighted by atomic mass is 10.1. The zero-order valence-electron chi connectivity index (χ0n) is 14.7. The summed E-state index contributed by atoms with van der Waals surface area (Å²) in [5.74, 6) is 0.0368. The SMILES string of the molecule is Cc1nn(-c2ccccc2)c(C)c1CC(=O)NCCc1ccccc1. The van der Waals surface area contributed by atoms with Gasteiger partial charge in [0.25, 0.3) is 0 Å². The molecule has 1 heterocycles. The molecule has 4 heteroatoms. The first-order chi connectivity index (χ1) is 12.1. The predicted octanol–water partition coefficient (Wildman–Crippen LogP) is 3.39. The van der Waals surface area contributed by atoms with E-state index in [9.17, 15) is 4.79 Å². The first kappa shape index (κ1) is 17.0. The standard InChI is InChI=1S/C21H23N3O/c1-16-20(17(2)24(23-16)19-11-7-4-8-12-19)15-21(25)22-14-13-18-9-5-3-6-10-18/h3-12H,13-15H2,1-2H3,(H,22,25). The van der Waals surface area contributed by atoms with E-state index in [1.165, 1.54) is 5.56 Å². The van der Waals surface area contributed by atoms with E-state index in [1.807, 2.05) is 67.1 Å².